The average molecular weight is 557 g/mol. The third-order valence-electron chi connectivity index (χ3n) is 8.43. The van der Waals surface area contributed by atoms with E-state index in [0.717, 1.165) is 49.8 Å². The van der Waals surface area contributed by atoms with Gasteiger partial charge in [-0.25, -0.2) is 18.7 Å². The van der Waals surface area contributed by atoms with Crippen LogP contribution in [0.3, 0.4) is 0 Å². The van der Waals surface area contributed by atoms with E-state index in [2.05, 4.69) is 53.3 Å². The van der Waals surface area contributed by atoms with E-state index in [-0.39, 0.29) is 23.1 Å². The van der Waals surface area contributed by atoms with Crippen molar-refractivity contribution in [1.29, 1.82) is 0 Å². The van der Waals surface area contributed by atoms with Crippen molar-refractivity contribution < 1.29 is 4.39 Å². The van der Waals surface area contributed by atoms with E-state index in [1.165, 1.54) is 20.8 Å². The van der Waals surface area contributed by atoms with Gasteiger partial charge in [-0.15, -0.1) is 0 Å². The van der Waals surface area contributed by atoms with Crippen LogP contribution in [0.5, 0.6) is 0 Å². The number of aromatic nitrogens is 3. The summed E-state index contributed by atoms with van der Waals surface area (Å²) in [7, 11) is 0. The lowest BCUT2D eigenvalue weighted by molar-refractivity contribution is 0.166. The third kappa shape index (κ3) is 5.62. The number of nitrogens with zero attached hydrogens (tertiary/aromatic N) is 4. The quantitative estimate of drug-likeness (QED) is 0.386. The zero-order valence-corrected chi connectivity index (χ0v) is 23.6. The molecule has 3 heterocycles. The maximum atomic E-state index is 14.3. The summed E-state index contributed by atoms with van der Waals surface area (Å²) in [5, 5.41) is 3.66. The van der Waals surface area contributed by atoms with E-state index in [1.54, 1.807) is 0 Å². The molecule has 0 spiro atoms. The molecule has 2 aromatic carbocycles. The molecule has 1 aliphatic heterocycles. The number of hydrogen-bond donors (Lipinski definition) is 2. The highest BCUT2D eigenvalue weighted by Gasteiger charge is 2.26. The van der Waals surface area contributed by atoms with Gasteiger partial charge in [-0.3, -0.25) is 14.3 Å². The summed E-state index contributed by atoms with van der Waals surface area (Å²) in [5.41, 5.74) is 9.04. The topological polar surface area (TPSA) is 98.2 Å². The SMILES string of the molecule is C[C@@H]1CN(Cc2ccc(-c3cccc(-n4c(=O)n([C@H]5CC[C@@H](N)CC5)c(=O)c5cc(F)cnc54)c3)cc2)C[C@H](C)N1. The number of piperazine rings is 1. The molecule has 9 heteroatoms. The first kappa shape index (κ1) is 27.5. The molecule has 0 bridgehead atoms. The maximum absolute atomic E-state index is 14.3. The van der Waals surface area contributed by atoms with Gasteiger partial charge < -0.3 is 11.1 Å². The first-order valence-corrected chi connectivity index (χ1v) is 14.5. The molecule has 2 aromatic heterocycles. The molecule has 2 atom stereocenters. The highest BCUT2D eigenvalue weighted by molar-refractivity contribution is 5.76. The molecule has 0 radical (unpaired) electrons. The molecule has 2 fully saturated rings. The summed E-state index contributed by atoms with van der Waals surface area (Å²) in [6.07, 6.45) is 3.76. The van der Waals surface area contributed by atoms with Crippen LogP contribution in [0.4, 0.5) is 4.39 Å². The summed E-state index contributed by atoms with van der Waals surface area (Å²) in [5.74, 6) is -0.615. The van der Waals surface area contributed by atoms with E-state index in [0.29, 0.717) is 30.6 Å². The minimum absolute atomic E-state index is 0.0656. The van der Waals surface area contributed by atoms with Crippen molar-refractivity contribution in [2.75, 3.05) is 13.1 Å². The third-order valence-corrected chi connectivity index (χ3v) is 8.43. The monoisotopic (exact) mass is 556 g/mol. The van der Waals surface area contributed by atoms with Gasteiger partial charge in [-0.05, 0) is 74.4 Å². The fourth-order valence-electron chi connectivity index (χ4n) is 6.55. The van der Waals surface area contributed by atoms with Gasteiger partial charge in [0.2, 0.25) is 0 Å². The molecule has 4 aromatic rings. The van der Waals surface area contributed by atoms with Crippen LogP contribution in [-0.4, -0.2) is 50.2 Å². The van der Waals surface area contributed by atoms with Crippen molar-refractivity contribution in [1.82, 2.24) is 24.3 Å². The molecule has 8 nitrogen and oxygen atoms in total. The van der Waals surface area contributed by atoms with Gasteiger partial charge in [0.05, 0.1) is 17.3 Å². The van der Waals surface area contributed by atoms with Crippen LogP contribution >= 0.6 is 0 Å². The Bertz CT molecular complexity index is 1660. The van der Waals surface area contributed by atoms with Gasteiger partial charge in [-0.2, -0.15) is 0 Å². The van der Waals surface area contributed by atoms with Gasteiger partial charge in [-0.1, -0.05) is 36.4 Å². The summed E-state index contributed by atoms with van der Waals surface area (Å²) < 4.78 is 17.0. The largest absolute Gasteiger partial charge is 0.337 e. The smallest absolute Gasteiger partial charge is 0.328 e. The van der Waals surface area contributed by atoms with Crippen molar-refractivity contribution >= 4 is 11.0 Å². The minimum Gasteiger partial charge on any atom is -0.328 e. The second-order valence-corrected chi connectivity index (χ2v) is 11.8. The van der Waals surface area contributed by atoms with Gasteiger partial charge in [0.1, 0.15) is 5.82 Å². The Morgan fingerprint density at radius 3 is 2.37 bits per heavy atom. The van der Waals surface area contributed by atoms with E-state index in [9.17, 15) is 14.0 Å². The molecule has 214 valence electrons. The summed E-state index contributed by atoms with van der Waals surface area (Å²) in [4.78, 5) is 34.1. The lowest BCUT2D eigenvalue weighted by atomic mass is 9.91. The summed E-state index contributed by atoms with van der Waals surface area (Å²) in [6.45, 7) is 7.37. The predicted octanol–water partition coefficient (Wildman–Crippen LogP) is 3.98. The molecule has 1 saturated carbocycles. The number of nitrogens with two attached hydrogens (primary N) is 1. The number of benzene rings is 2. The first-order valence-electron chi connectivity index (χ1n) is 14.5. The van der Waals surface area contributed by atoms with Crippen molar-refractivity contribution in [3.8, 4) is 16.8 Å². The Morgan fingerprint density at radius 2 is 1.66 bits per heavy atom. The van der Waals surface area contributed by atoms with Crippen LogP contribution in [0.25, 0.3) is 27.8 Å². The van der Waals surface area contributed by atoms with Crippen LogP contribution in [0.1, 0.15) is 51.1 Å². The predicted molar refractivity (Wildman–Crippen MR) is 160 cm³/mol. The van der Waals surface area contributed by atoms with Gasteiger partial charge in [0.25, 0.3) is 5.56 Å². The molecule has 1 saturated heterocycles. The summed E-state index contributed by atoms with van der Waals surface area (Å²) in [6, 6.07) is 18.0. The van der Waals surface area contributed by atoms with Crippen LogP contribution < -0.4 is 22.3 Å². The second kappa shape index (κ2) is 11.3. The summed E-state index contributed by atoms with van der Waals surface area (Å²) >= 11 is 0. The Morgan fingerprint density at radius 1 is 0.951 bits per heavy atom. The molecule has 1 aliphatic carbocycles. The minimum atomic E-state index is -0.615. The first-order chi connectivity index (χ1) is 19.8. The Hall–Kier alpha value is -3.66. The zero-order chi connectivity index (χ0) is 28.7. The number of rotatable bonds is 5. The van der Waals surface area contributed by atoms with Gasteiger partial charge in [0.15, 0.2) is 5.65 Å². The molecule has 6 rings (SSSR count). The molecular weight excluding hydrogens is 519 g/mol. The molecule has 3 N–H and O–H groups in total. The number of hydrogen-bond acceptors (Lipinski definition) is 6. The lowest BCUT2D eigenvalue weighted by Gasteiger charge is -2.36. The fourth-order valence-corrected chi connectivity index (χ4v) is 6.55. The Kier molecular flexibility index (Phi) is 7.59. The lowest BCUT2D eigenvalue weighted by Crippen LogP contribution is -2.53. The van der Waals surface area contributed by atoms with E-state index in [4.69, 9.17) is 5.73 Å². The van der Waals surface area contributed by atoms with E-state index >= 15 is 0 Å². The molecular formula is C32H37FN6O2. The highest BCUT2D eigenvalue weighted by atomic mass is 19.1. The Balaban J connectivity index is 1.37. The van der Waals surface area contributed by atoms with Crippen LogP contribution in [0, 0.1) is 5.82 Å². The average Bonchev–Trinajstić information content (AvgIpc) is 2.95. The number of pyridine rings is 1. The second-order valence-electron chi connectivity index (χ2n) is 11.8. The van der Waals surface area contributed by atoms with Crippen LogP contribution in [0.2, 0.25) is 0 Å². The highest BCUT2D eigenvalue weighted by Crippen LogP contribution is 2.27. The molecule has 0 amide bonds. The molecule has 0 unspecified atom stereocenters. The van der Waals surface area contributed by atoms with Crippen LogP contribution in [-0.2, 0) is 6.54 Å². The Labute approximate surface area is 238 Å². The number of nitrogens with one attached hydrogen (secondary N) is 1. The van der Waals surface area contributed by atoms with Gasteiger partial charge >= 0.3 is 5.69 Å². The standard InChI is InChI=1S/C32H37FN6O2/c1-20-17-37(18-21(2)36-20)19-22-6-8-23(9-7-22)24-4-3-5-28(14-24)38-30-29(15-25(33)16-35-30)31(40)39(32(38)41)27-12-10-26(34)11-13-27/h3-9,14-16,20-21,26-27,36H,10-13,17-19,34H2,1-2H3/t20-,21+,26-,27+. The van der Waals surface area contributed by atoms with Crippen molar-refractivity contribution in [3.05, 3.63) is 93.0 Å². The zero-order valence-electron chi connectivity index (χ0n) is 23.6. The van der Waals surface area contributed by atoms with E-state index < -0.39 is 17.1 Å². The number of fused-ring (bicyclic) bond motifs is 1. The van der Waals surface area contributed by atoms with Crippen molar-refractivity contribution in [3.63, 3.8) is 0 Å². The molecule has 41 heavy (non-hydrogen) atoms. The van der Waals surface area contributed by atoms with E-state index in [1.807, 2.05) is 24.3 Å². The normalized spacial score (nSPS) is 23.6. The molecule has 2 aliphatic rings. The van der Waals surface area contributed by atoms with Crippen molar-refractivity contribution in [2.24, 2.45) is 5.73 Å². The fraction of sp³-hybridized carbons (Fsp3) is 0.406. The van der Waals surface area contributed by atoms with Gasteiger partial charge in [0, 0.05) is 43.8 Å². The van der Waals surface area contributed by atoms with Crippen LogP contribution in [0.15, 0.2) is 70.4 Å². The maximum Gasteiger partial charge on any atom is 0.337 e. The number of halogens is 1. The van der Waals surface area contributed by atoms with Crippen molar-refractivity contribution in [2.45, 2.75) is 70.2 Å².